The highest BCUT2D eigenvalue weighted by molar-refractivity contribution is 5.92. The number of amides is 1. The third-order valence-corrected chi connectivity index (χ3v) is 1.41. The van der Waals surface area contributed by atoms with Crippen LogP contribution in [0.1, 0.15) is 6.92 Å². The molecule has 0 spiro atoms. The lowest BCUT2D eigenvalue weighted by Crippen LogP contribution is -2.33. The first-order valence-electron chi connectivity index (χ1n) is 3.71. The van der Waals surface area contributed by atoms with Crippen LogP contribution in [0.2, 0.25) is 0 Å². The van der Waals surface area contributed by atoms with E-state index in [1.54, 1.807) is 6.92 Å². The third kappa shape index (κ3) is 3.88. The van der Waals surface area contributed by atoms with E-state index in [2.05, 4.69) is 11.9 Å². The summed E-state index contributed by atoms with van der Waals surface area (Å²) in [6.07, 6.45) is 0.735. The minimum atomic E-state index is -0.298. The van der Waals surface area contributed by atoms with Crippen LogP contribution in [0.15, 0.2) is 12.2 Å². The van der Waals surface area contributed by atoms with Crippen molar-refractivity contribution in [2.45, 2.75) is 6.92 Å². The van der Waals surface area contributed by atoms with Crippen LogP contribution in [0, 0.1) is 5.92 Å². The first-order chi connectivity index (χ1) is 5.61. The summed E-state index contributed by atoms with van der Waals surface area (Å²) < 4.78 is 0. The molecule has 0 aromatic carbocycles. The highest BCUT2D eigenvalue weighted by Crippen LogP contribution is 1.89. The van der Waals surface area contributed by atoms with E-state index in [9.17, 15) is 9.59 Å². The van der Waals surface area contributed by atoms with E-state index in [1.165, 1.54) is 0 Å². The van der Waals surface area contributed by atoms with Crippen LogP contribution in [0.3, 0.4) is 0 Å². The first-order valence-corrected chi connectivity index (χ1v) is 3.71. The van der Waals surface area contributed by atoms with Gasteiger partial charge in [0, 0.05) is 24.6 Å². The van der Waals surface area contributed by atoms with Crippen molar-refractivity contribution in [3.8, 4) is 0 Å². The fraction of sp³-hybridized carbons (Fsp3) is 0.500. The van der Waals surface area contributed by atoms with Crippen molar-refractivity contribution in [1.29, 1.82) is 0 Å². The van der Waals surface area contributed by atoms with Crippen molar-refractivity contribution in [2.75, 3.05) is 13.1 Å². The van der Waals surface area contributed by atoms with Gasteiger partial charge in [0.05, 0.1) is 0 Å². The third-order valence-electron chi connectivity index (χ3n) is 1.41. The summed E-state index contributed by atoms with van der Waals surface area (Å²) >= 11 is 0. The summed E-state index contributed by atoms with van der Waals surface area (Å²) in [5.41, 5.74) is 5.67. The predicted molar refractivity (Wildman–Crippen MR) is 46.4 cm³/mol. The van der Waals surface area contributed by atoms with Crippen LogP contribution in [0.5, 0.6) is 0 Å². The number of rotatable bonds is 5. The SMILES string of the molecule is C=C(C)C(=O)NCC(C=O)CN. The van der Waals surface area contributed by atoms with Gasteiger partial charge in [-0.1, -0.05) is 6.58 Å². The van der Waals surface area contributed by atoms with E-state index in [-0.39, 0.29) is 24.9 Å². The average molecular weight is 170 g/mol. The molecule has 3 N–H and O–H groups in total. The molecule has 12 heavy (non-hydrogen) atoms. The second-order valence-corrected chi connectivity index (χ2v) is 2.62. The Morgan fingerprint density at radius 1 is 1.75 bits per heavy atom. The zero-order valence-corrected chi connectivity index (χ0v) is 7.17. The molecule has 1 atom stereocenters. The topological polar surface area (TPSA) is 72.2 Å². The lowest BCUT2D eigenvalue weighted by atomic mass is 10.2. The molecule has 0 aromatic rings. The van der Waals surface area contributed by atoms with Gasteiger partial charge in [-0.25, -0.2) is 0 Å². The summed E-state index contributed by atoms with van der Waals surface area (Å²) in [5.74, 6) is -0.538. The largest absolute Gasteiger partial charge is 0.352 e. The van der Waals surface area contributed by atoms with Crippen molar-refractivity contribution in [3.63, 3.8) is 0 Å². The maximum Gasteiger partial charge on any atom is 0.246 e. The van der Waals surface area contributed by atoms with E-state index >= 15 is 0 Å². The van der Waals surface area contributed by atoms with E-state index in [4.69, 9.17) is 5.73 Å². The van der Waals surface area contributed by atoms with Gasteiger partial charge in [0.2, 0.25) is 5.91 Å². The van der Waals surface area contributed by atoms with Gasteiger partial charge in [0.15, 0.2) is 0 Å². The highest BCUT2D eigenvalue weighted by Gasteiger charge is 2.06. The van der Waals surface area contributed by atoms with Gasteiger partial charge >= 0.3 is 0 Å². The molecule has 4 nitrogen and oxygen atoms in total. The molecule has 4 heteroatoms. The standard InChI is InChI=1S/C8H14N2O2/c1-6(2)8(12)10-4-7(3-9)5-11/h5,7H,1,3-4,9H2,2H3,(H,10,12). The van der Waals surface area contributed by atoms with Crippen LogP contribution in [0.4, 0.5) is 0 Å². The lowest BCUT2D eigenvalue weighted by Gasteiger charge is -2.08. The second-order valence-electron chi connectivity index (χ2n) is 2.62. The quantitative estimate of drug-likeness (QED) is 0.429. The zero-order valence-electron chi connectivity index (χ0n) is 7.17. The van der Waals surface area contributed by atoms with Crippen molar-refractivity contribution >= 4 is 12.2 Å². The summed E-state index contributed by atoms with van der Waals surface area (Å²) in [6.45, 7) is 5.59. The van der Waals surface area contributed by atoms with Crippen LogP contribution in [-0.2, 0) is 9.59 Å². The predicted octanol–water partition coefficient (Wildman–Crippen LogP) is -0.547. The summed E-state index contributed by atoms with van der Waals surface area (Å²) in [6, 6.07) is 0. The number of aldehydes is 1. The number of carbonyl (C=O) groups excluding carboxylic acids is 2. The summed E-state index contributed by atoms with van der Waals surface area (Å²) in [7, 11) is 0. The molecular weight excluding hydrogens is 156 g/mol. The smallest absolute Gasteiger partial charge is 0.246 e. The molecule has 0 radical (unpaired) electrons. The number of nitrogens with one attached hydrogen (secondary N) is 1. The van der Waals surface area contributed by atoms with E-state index in [0.717, 1.165) is 6.29 Å². The summed E-state index contributed by atoms with van der Waals surface area (Å²) in [4.78, 5) is 21.2. The Labute approximate surface area is 71.8 Å². The average Bonchev–Trinajstić information content (AvgIpc) is 2.05. The van der Waals surface area contributed by atoms with Crippen molar-refractivity contribution < 1.29 is 9.59 Å². The molecule has 1 amide bonds. The number of carbonyl (C=O) groups is 2. The molecule has 68 valence electrons. The fourth-order valence-electron chi connectivity index (χ4n) is 0.562. The Morgan fingerprint density at radius 3 is 2.67 bits per heavy atom. The van der Waals surface area contributed by atoms with Crippen LogP contribution in [0.25, 0.3) is 0 Å². The van der Waals surface area contributed by atoms with Gasteiger partial charge in [0.1, 0.15) is 6.29 Å². The second kappa shape index (κ2) is 5.49. The molecule has 0 saturated heterocycles. The Hall–Kier alpha value is -1.16. The van der Waals surface area contributed by atoms with Crippen molar-refractivity contribution in [3.05, 3.63) is 12.2 Å². The minimum Gasteiger partial charge on any atom is -0.352 e. The van der Waals surface area contributed by atoms with E-state index < -0.39 is 0 Å². The molecule has 1 unspecified atom stereocenters. The van der Waals surface area contributed by atoms with E-state index in [0.29, 0.717) is 5.57 Å². The van der Waals surface area contributed by atoms with Crippen LogP contribution in [-0.4, -0.2) is 25.3 Å². The molecule has 0 fully saturated rings. The minimum absolute atomic E-state index is 0.240. The number of hydrogen-bond donors (Lipinski definition) is 2. The Kier molecular flexibility index (Phi) is 4.96. The monoisotopic (exact) mass is 170 g/mol. The van der Waals surface area contributed by atoms with Gasteiger partial charge in [-0.3, -0.25) is 4.79 Å². The molecule has 0 aliphatic heterocycles. The molecule has 0 saturated carbocycles. The Bertz CT molecular complexity index is 189. The molecule has 0 aliphatic rings. The molecule has 0 aliphatic carbocycles. The van der Waals surface area contributed by atoms with Crippen LogP contribution >= 0.6 is 0 Å². The van der Waals surface area contributed by atoms with Crippen LogP contribution < -0.4 is 11.1 Å². The van der Waals surface area contributed by atoms with E-state index in [1.807, 2.05) is 0 Å². The Balaban J connectivity index is 3.73. The van der Waals surface area contributed by atoms with Crippen molar-refractivity contribution in [1.82, 2.24) is 5.32 Å². The number of hydrogen-bond acceptors (Lipinski definition) is 3. The fourth-order valence-corrected chi connectivity index (χ4v) is 0.562. The van der Waals surface area contributed by atoms with Gasteiger partial charge < -0.3 is 15.8 Å². The van der Waals surface area contributed by atoms with Gasteiger partial charge in [0.25, 0.3) is 0 Å². The van der Waals surface area contributed by atoms with Crippen molar-refractivity contribution in [2.24, 2.45) is 11.7 Å². The molecule has 0 aromatic heterocycles. The molecule has 0 bridgehead atoms. The number of nitrogens with two attached hydrogens (primary N) is 1. The maximum atomic E-state index is 10.9. The first kappa shape index (κ1) is 10.8. The molecule has 0 rings (SSSR count). The molecule has 0 heterocycles. The zero-order chi connectivity index (χ0) is 9.56. The van der Waals surface area contributed by atoms with Gasteiger partial charge in [-0.15, -0.1) is 0 Å². The maximum absolute atomic E-state index is 10.9. The molecular formula is C8H14N2O2. The normalized spacial score (nSPS) is 11.8. The summed E-state index contributed by atoms with van der Waals surface area (Å²) in [5, 5.41) is 2.53. The lowest BCUT2D eigenvalue weighted by molar-refractivity contribution is -0.117. The Morgan fingerprint density at radius 2 is 2.33 bits per heavy atom. The highest BCUT2D eigenvalue weighted by atomic mass is 16.1. The van der Waals surface area contributed by atoms with Gasteiger partial charge in [-0.05, 0) is 6.92 Å². The van der Waals surface area contributed by atoms with Gasteiger partial charge in [-0.2, -0.15) is 0 Å².